The molecule has 3 aliphatic carbocycles. The van der Waals surface area contributed by atoms with E-state index in [1.54, 1.807) is 0 Å². The molecule has 0 fully saturated rings. The highest BCUT2D eigenvalue weighted by molar-refractivity contribution is 7.25. The Balaban J connectivity index is 1.03. The minimum atomic E-state index is -0.353. The van der Waals surface area contributed by atoms with Crippen LogP contribution < -0.4 is 0 Å². The van der Waals surface area contributed by atoms with Crippen LogP contribution >= 0.6 is 11.3 Å². The summed E-state index contributed by atoms with van der Waals surface area (Å²) in [5.41, 5.74) is 16.7. The quantitative estimate of drug-likeness (QED) is 0.179. The van der Waals surface area contributed by atoms with E-state index >= 15 is 0 Å². The topological polar surface area (TPSA) is 25.8 Å². The van der Waals surface area contributed by atoms with Crippen LogP contribution in [-0.4, -0.2) is 9.97 Å². The Morgan fingerprint density at radius 2 is 1.07 bits per heavy atom. The summed E-state index contributed by atoms with van der Waals surface area (Å²) in [6.45, 7) is 2.46. The monoisotopic (exact) mass is 744 g/mol. The van der Waals surface area contributed by atoms with Gasteiger partial charge in [0.05, 0.1) is 16.8 Å². The second kappa shape index (κ2) is 12.2. The molecule has 0 amide bonds. The van der Waals surface area contributed by atoms with Crippen LogP contribution in [-0.2, 0) is 10.8 Å². The molecule has 3 heteroatoms. The Labute approximate surface area is 336 Å². The lowest BCUT2D eigenvalue weighted by atomic mass is 9.64. The van der Waals surface area contributed by atoms with Gasteiger partial charge in [0.2, 0.25) is 0 Å². The van der Waals surface area contributed by atoms with Crippen molar-refractivity contribution in [3.8, 4) is 45.0 Å². The number of aromatic nitrogens is 2. The molecule has 1 spiro atoms. The van der Waals surface area contributed by atoms with E-state index in [0.29, 0.717) is 0 Å². The van der Waals surface area contributed by atoms with Gasteiger partial charge in [-0.25, -0.2) is 9.97 Å². The van der Waals surface area contributed by atoms with Crippen LogP contribution in [0.1, 0.15) is 41.2 Å². The molecule has 2 nitrogen and oxygen atoms in total. The summed E-state index contributed by atoms with van der Waals surface area (Å²) >= 11 is 1.82. The van der Waals surface area contributed by atoms with Crippen LogP contribution in [0.3, 0.4) is 0 Å². The molecule has 3 aliphatic rings. The zero-order chi connectivity index (χ0) is 37.7. The smallest absolute Gasteiger partial charge is 0.161 e. The molecular formula is C54H36N2S. The molecular weight excluding hydrogens is 709 g/mol. The van der Waals surface area contributed by atoms with Gasteiger partial charge in [-0.3, -0.25) is 0 Å². The molecule has 0 radical (unpaired) electrons. The fourth-order valence-corrected chi connectivity index (χ4v) is 11.5. The SMILES string of the molecule is CC12CC=C(c3cccc(-c4cc(-c5ccccc5)nc(-c5cccc6sc7ccccc7c56)n4)c3)C=C1C1(c3ccccc3-c3ccccc31)c1ccccc12. The molecule has 2 aromatic heterocycles. The lowest BCUT2D eigenvalue weighted by Gasteiger charge is -2.38. The number of thiophene rings is 1. The molecule has 1 unspecified atom stereocenters. The van der Waals surface area contributed by atoms with Crippen molar-refractivity contribution in [2.24, 2.45) is 0 Å². The van der Waals surface area contributed by atoms with Gasteiger partial charge in [0.15, 0.2) is 5.82 Å². The third-order valence-corrected chi connectivity index (χ3v) is 14.0. The van der Waals surface area contributed by atoms with Crippen molar-refractivity contribution in [1.29, 1.82) is 0 Å². The van der Waals surface area contributed by atoms with Crippen molar-refractivity contribution in [2.45, 2.75) is 24.2 Å². The number of benzene rings is 7. The summed E-state index contributed by atoms with van der Waals surface area (Å²) in [4.78, 5) is 10.6. The van der Waals surface area contributed by atoms with Crippen molar-refractivity contribution < 1.29 is 0 Å². The first-order valence-electron chi connectivity index (χ1n) is 19.8. The Bertz CT molecular complexity index is 3140. The highest BCUT2D eigenvalue weighted by Gasteiger charge is 2.59. The van der Waals surface area contributed by atoms with Gasteiger partial charge in [0, 0.05) is 42.3 Å². The van der Waals surface area contributed by atoms with Gasteiger partial charge in [0.1, 0.15) is 0 Å². The molecule has 0 saturated heterocycles. The first-order valence-corrected chi connectivity index (χ1v) is 20.6. The van der Waals surface area contributed by atoms with E-state index in [2.05, 4.69) is 195 Å². The van der Waals surface area contributed by atoms with Crippen LogP contribution in [0.5, 0.6) is 0 Å². The Morgan fingerprint density at radius 1 is 0.491 bits per heavy atom. The standard InChI is InChI=1S/C54H36N2S/c1-53-30-29-36(32-50(53)54(45-26-11-10-25-44(45)53)42-23-8-5-19-38(42)39-20-6-9-24-43(39)54)35-17-13-18-37(31-35)47-33-46(34-15-3-2-4-16-34)55-52(56-47)41-22-14-28-49-51(41)40-21-7-12-27-48(40)57-49/h2-29,31-33H,30H2,1H3. The van der Waals surface area contributed by atoms with Crippen LogP contribution in [0.4, 0.5) is 0 Å². The predicted molar refractivity (Wildman–Crippen MR) is 237 cm³/mol. The van der Waals surface area contributed by atoms with Crippen molar-refractivity contribution in [3.05, 3.63) is 221 Å². The summed E-state index contributed by atoms with van der Waals surface area (Å²) in [7, 11) is 0. The van der Waals surface area contributed by atoms with E-state index in [1.807, 2.05) is 11.3 Å². The molecule has 2 heterocycles. The molecule has 7 aromatic carbocycles. The Kier molecular flexibility index (Phi) is 6.94. The Hall–Kier alpha value is -6.68. The maximum absolute atomic E-state index is 5.38. The lowest BCUT2D eigenvalue weighted by Crippen LogP contribution is -2.32. The third-order valence-electron chi connectivity index (χ3n) is 12.8. The van der Waals surface area contributed by atoms with E-state index in [-0.39, 0.29) is 10.8 Å². The van der Waals surface area contributed by atoms with Gasteiger partial charge >= 0.3 is 0 Å². The maximum atomic E-state index is 5.38. The summed E-state index contributed by atoms with van der Waals surface area (Å²) in [5.74, 6) is 0.741. The van der Waals surface area contributed by atoms with Gasteiger partial charge in [-0.2, -0.15) is 0 Å². The maximum Gasteiger partial charge on any atom is 0.161 e. The van der Waals surface area contributed by atoms with Crippen molar-refractivity contribution in [3.63, 3.8) is 0 Å². The van der Waals surface area contributed by atoms with Gasteiger partial charge in [-0.15, -0.1) is 11.3 Å². The fraction of sp³-hybridized carbons (Fsp3) is 0.0741. The van der Waals surface area contributed by atoms with Gasteiger partial charge in [-0.1, -0.05) is 171 Å². The largest absolute Gasteiger partial charge is 0.228 e. The van der Waals surface area contributed by atoms with E-state index in [9.17, 15) is 0 Å². The van der Waals surface area contributed by atoms with Crippen LogP contribution in [0, 0.1) is 0 Å². The molecule has 0 N–H and O–H groups in total. The van der Waals surface area contributed by atoms with Crippen LogP contribution in [0.15, 0.2) is 194 Å². The highest BCUT2D eigenvalue weighted by Crippen LogP contribution is 2.67. The fourth-order valence-electron chi connectivity index (χ4n) is 10.3. The summed E-state index contributed by atoms with van der Waals surface area (Å²) in [5, 5.41) is 2.46. The second-order valence-corrected chi connectivity index (χ2v) is 16.9. The minimum absolute atomic E-state index is 0.138. The normalized spacial score (nSPS) is 17.2. The molecule has 9 aromatic rings. The predicted octanol–water partition coefficient (Wildman–Crippen LogP) is 13.8. The first kappa shape index (κ1) is 32.6. The van der Waals surface area contributed by atoms with Crippen molar-refractivity contribution in [1.82, 2.24) is 9.97 Å². The Morgan fingerprint density at radius 3 is 1.86 bits per heavy atom. The zero-order valence-electron chi connectivity index (χ0n) is 31.4. The average molecular weight is 745 g/mol. The molecule has 0 saturated carbocycles. The molecule has 268 valence electrons. The number of rotatable bonds is 4. The zero-order valence-corrected chi connectivity index (χ0v) is 32.2. The second-order valence-electron chi connectivity index (χ2n) is 15.8. The van der Waals surface area contributed by atoms with E-state index in [4.69, 9.17) is 9.97 Å². The average Bonchev–Trinajstić information content (AvgIpc) is 3.88. The summed E-state index contributed by atoms with van der Waals surface area (Å²) < 4.78 is 2.52. The van der Waals surface area contributed by atoms with Crippen molar-refractivity contribution >= 4 is 37.1 Å². The summed E-state index contributed by atoms with van der Waals surface area (Å²) in [6.07, 6.45) is 5.93. The molecule has 12 rings (SSSR count). The number of allylic oxidation sites excluding steroid dienone is 4. The van der Waals surface area contributed by atoms with Gasteiger partial charge in [0.25, 0.3) is 0 Å². The van der Waals surface area contributed by atoms with Crippen LogP contribution in [0.25, 0.3) is 70.8 Å². The number of hydrogen-bond acceptors (Lipinski definition) is 3. The molecule has 0 aliphatic heterocycles. The van der Waals surface area contributed by atoms with Gasteiger partial charge in [-0.05, 0) is 80.8 Å². The van der Waals surface area contributed by atoms with E-state index < -0.39 is 0 Å². The number of nitrogens with zero attached hydrogens (tertiary/aromatic N) is 2. The molecule has 1 atom stereocenters. The highest BCUT2D eigenvalue weighted by atomic mass is 32.1. The first-order chi connectivity index (χ1) is 28.1. The van der Waals surface area contributed by atoms with Gasteiger partial charge < -0.3 is 0 Å². The van der Waals surface area contributed by atoms with E-state index in [0.717, 1.165) is 40.3 Å². The van der Waals surface area contributed by atoms with E-state index in [1.165, 1.54) is 70.3 Å². The minimum Gasteiger partial charge on any atom is -0.228 e. The van der Waals surface area contributed by atoms with Crippen LogP contribution in [0.2, 0.25) is 0 Å². The number of fused-ring (bicyclic) bond motifs is 13. The number of hydrogen-bond donors (Lipinski definition) is 0. The van der Waals surface area contributed by atoms with Crippen molar-refractivity contribution in [2.75, 3.05) is 0 Å². The lowest BCUT2D eigenvalue weighted by molar-refractivity contribution is 0.545. The molecule has 57 heavy (non-hydrogen) atoms. The summed E-state index contributed by atoms with van der Waals surface area (Å²) in [6, 6.07) is 64.2. The third kappa shape index (κ3) is 4.58. The molecule has 0 bridgehead atoms.